The molecule has 6 nitrogen and oxygen atoms in total. The zero-order chi connectivity index (χ0) is 21.6. The van der Waals surface area contributed by atoms with Gasteiger partial charge in [-0.25, -0.2) is 0 Å². The number of nitriles is 1. The van der Waals surface area contributed by atoms with E-state index in [0.717, 1.165) is 35.7 Å². The molecule has 31 heavy (non-hydrogen) atoms. The predicted octanol–water partition coefficient (Wildman–Crippen LogP) is 5.48. The highest BCUT2D eigenvalue weighted by molar-refractivity contribution is 7.15. The van der Waals surface area contributed by atoms with Gasteiger partial charge in [0, 0.05) is 23.5 Å². The van der Waals surface area contributed by atoms with Crippen molar-refractivity contribution < 1.29 is 4.79 Å². The van der Waals surface area contributed by atoms with Gasteiger partial charge in [0.25, 0.3) is 5.91 Å². The lowest BCUT2D eigenvalue weighted by atomic mass is 9.90. The summed E-state index contributed by atoms with van der Waals surface area (Å²) in [7, 11) is 0. The van der Waals surface area contributed by atoms with Crippen molar-refractivity contribution in [2.75, 3.05) is 5.32 Å². The third-order valence-corrected chi connectivity index (χ3v) is 6.68. The second-order valence-corrected chi connectivity index (χ2v) is 8.74. The number of benzene rings is 1. The van der Waals surface area contributed by atoms with Crippen LogP contribution in [0.4, 0.5) is 5.13 Å². The topological polar surface area (TPSA) is 83.6 Å². The highest BCUT2D eigenvalue weighted by Gasteiger charge is 2.21. The lowest BCUT2D eigenvalue weighted by Gasteiger charge is -2.18. The van der Waals surface area contributed by atoms with Crippen molar-refractivity contribution in [3.8, 4) is 11.8 Å². The largest absolute Gasteiger partial charge is 0.317 e. The smallest absolute Gasteiger partial charge is 0.268 e. The van der Waals surface area contributed by atoms with Crippen molar-refractivity contribution in [1.82, 2.24) is 14.8 Å². The van der Waals surface area contributed by atoms with Gasteiger partial charge in [-0.15, -0.1) is 10.2 Å². The van der Waals surface area contributed by atoms with Crippen LogP contribution in [0.15, 0.2) is 48.2 Å². The molecule has 3 aromatic rings. The van der Waals surface area contributed by atoms with Crippen LogP contribution < -0.4 is 5.32 Å². The van der Waals surface area contributed by atoms with Gasteiger partial charge in [-0.1, -0.05) is 49.7 Å². The molecule has 1 aliphatic rings. The van der Waals surface area contributed by atoms with Crippen molar-refractivity contribution in [3.05, 3.63) is 64.4 Å². The Morgan fingerprint density at radius 3 is 2.71 bits per heavy atom. The maximum absolute atomic E-state index is 12.7. The summed E-state index contributed by atoms with van der Waals surface area (Å²) in [5.74, 6) is -0.0341. The second-order valence-electron chi connectivity index (χ2n) is 7.73. The number of hydrogen-bond acceptors (Lipinski definition) is 5. The standard InChI is InChI=1S/C24H25N5OS/c1-2-17-10-12-20(13-11-17)29-14-6-9-21(29)15-19(16-25)22(30)26-24-28-27-23(31-24)18-7-4-3-5-8-18/h6,9-15,18H,2-5,7-8H2,1H3,(H,26,28,30). The van der Waals surface area contributed by atoms with E-state index in [1.165, 1.54) is 36.2 Å². The monoisotopic (exact) mass is 431 g/mol. The number of anilines is 1. The first-order chi connectivity index (χ1) is 15.2. The minimum Gasteiger partial charge on any atom is -0.317 e. The van der Waals surface area contributed by atoms with Crippen LogP contribution >= 0.6 is 11.3 Å². The van der Waals surface area contributed by atoms with Crippen LogP contribution in [-0.4, -0.2) is 20.7 Å². The van der Waals surface area contributed by atoms with E-state index in [0.29, 0.717) is 11.0 Å². The Labute approximate surface area is 186 Å². The minimum absolute atomic E-state index is 0.0274. The molecular formula is C24H25N5OS. The molecule has 158 valence electrons. The van der Waals surface area contributed by atoms with Crippen molar-refractivity contribution in [1.29, 1.82) is 5.26 Å². The molecule has 1 N–H and O–H groups in total. The number of aromatic nitrogens is 3. The average Bonchev–Trinajstić information content (AvgIpc) is 3.47. The van der Waals surface area contributed by atoms with E-state index in [-0.39, 0.29) is 5.57 Å². The second kappa shape index (κ2) is 9.71. The van der Waals surface area contributed by atoms with Crippen LogP contribution in [0.5, 0.6) is 0 Å². The molecule has 1 fully saturated rings. The van der Waals surface area contributed by atoms with E-state index in [1.807, 2.05) is 41.1 Å². The summed E-state index contributed by atoms with van der Waals surface area (Å²) in [6.07, 6.45) is 10.5. The highest BCUT2D eigenvalue weighted by Crippen LogP contribution is 2.35. The van der Waals surface area contributed by atoms with Crippen LogP contribution in [0.25, 0.3) is 11.8 Å². The Morgan fingerprint density at radius 1 is 1.23 bits per heavy atom. The number of aryl methyl sites for hydroxylation is 1. The normalized spacial score (nSPS) is 14.9. The Hall–Kier alpha value is -3.24. The summed E-state index contributed by atoms with van der Waals surface area (Å²) in [5, 5.41) is 22.1. The quantitative estimate of drug-likeness (QED) is 0.413. The number of amides is 1. The fraction of sp³-hybridized carbons (Fsp3) is 0.333. The first kappa shape index (κ1) is 21.0. The van der Waals surface area contributed by atoms with Gasteiger partial charge < -0.3 is 4.57 Å². The van der Waals surface area contributed by atoms with Crippen molar-refractivity contribution in [3.63, 3.8) is 0 Å². The molecule has 7 heteroatoms. The Morgan fingerprint density at radius 2 is 2.00 bits per heavy atom. The van der Waals surface area contributed by atoms with Crippen LogP contribution in [0.3, 0.4) is 0 Å². The van der Waals surface area contributed by atoms with E-state index >= 15 is 0 Å². The summed E-state index contributed by atoms with van der Waals surface area (Å²) >= 11 is 1.41. The van der Waals surface area contributed by atoms with E-state index < -0.39 is 5.91 Å². The maximum atomic E-state index is 12.7. The maximum Gasteiger partial charge on any atom is 0.268 e. The molecule has 1 amide bonds. The summed E-state index contributed by atoms with van der Waals surface area (Å²) in [6.45, 7) is 2.12. The molecule has 0 radical (unpaired) electrons. The zero-order valence-corrected chi connectivity index (χ0v) is 18.4. The van der Waals surface area contributed by atoms with Gasteiger partial charge in [-0.2, -0.15) is 5.26 Å². The fourth-order valence-corrected chi connectivity index (χ4v) is 4.81. The van der Waals surface area contributed by atoms with Crippen molar-refractivity contribution in [2.45, 2.75) is 51.4 Å². The first-order valence-electron chi connectivity index (χ1n) is 10.7. The van der Waals surface area contributed by atoms with Crippen molar-refractivity contribution >= 4 is 28.5 Å². The molecular weight excluding hydrogens is 406 g/mol. The van der Waals surface area contributed by atoms with Crippen molar-refractivity contribution in [2.24, 2.45) is 0 Å². The number of nitrogens with one attached hydrogen (secondary N) is 1. The van der Waals surface area contributed by atoms with E-state index in [1.54, 1.807) is 6.08 Å². The van der Waals surface area contributed by atoms with Crippen LogP contribution in [0, 0.1) is 11.3 Å². The lowest BCUT2D eigenvalue weighted by Crippen LogP contribution is -2.13. The van der Waals surface area contributed by atoms with Crippen LogP contribution in [0.1, 0.15) is 61.2 Å². The number of carbonyl (C=O) groups excluding carboxylic acids is 1. The predicted molar refractivity (Wildman–Crippen MR) is 123 cm³/mol. The Bertz CT molecular complexity index is 1110. The minimum atomic E-state index is -0.470. The molecule has 0 unspecified atom stereocenters. The van der Waals surface area contributed by atoms with Crippen LogP contribution in [-0.2, 0) is 11.2 Å². The molecule has 2 aromatic heterocycles. The Balaban J connectivity index is 1.50. The number of rotatable bonds is 6. The summed E-state index contributed by atoms with van der Waals surface area (Å²) in [6, 6.07) is 14.0. The lowest BCUT2D eigenvalue weighted by molar-refractivity contribution is -0.112. The fourth-order valence-electron chi connectivity index (χ4n) is 3.90. The average molecular weight is 432 g/mol. The summed E-state index contributed by atoms with van der Waals surface area (Å²) in [5.41, 5.74) is 3.03. The molecule has 1 aromatic carbocycles. The van der Waals surface area contributed by atoms with Gasteiger partial charge in [-0.05, 0) is 55.2 Å². The SMILES string of the molecule is CCc1ccc(-n2cccc2C=C(C#N)C(=O)Nc2nnc(C3CCCCC3)s2)cc1. The molecule has 0 spiro atoms. The summed E-state index contributed by atoms with van der Waals surface area (Å²) in [4.78, 5) is 12.7. The van der Waals surface area contributed by atoms with Gasteiger partial charge in [0.1, 0.15) is 16.6 Å². The Kier molecular flexibility index (Phi) is 6.58. The van der Waals surface area contributed by atoms with E-state index in [4.69, 9.17) is 0 Å². The number of hydrogen-bond donors (Lipinski definition) is 1. The van der Waals surface area contributed by atoms with Crippen LogP contribution in [0.2, 0.25) is 0 Å². The summed E-state index contributed by atoms with van der Waals surface area (Å²) < 4.78 is 1.95. The number of nitrogens with zero attached hydrogens (tertiary/aromatic N) is 4. The third-order valence-electron chi connectivity index (χ3n) is 5.68. The molecule has 0 bridgehead atoms. The first-order valence-corrected chi connectivity index (χ1v) is 11.5. The van der Waals surface area contributed by atoms with E-state index in [2.05, 4.69) is 34.6 Å². The van der Waals surface area contributed by atoms with E-state index in [9.17, 15) is 10.1 Å². The molecule has 1 aliphatic carbocycles. The van der Waals surface area contributed by atoms with Gasteiger partial charge in [0.15, 0.2) is 0 Å². The zero-order valence-electron chi connectivity index (χ0n) is 17.5. The van der Waals surface area contributed by atoms with Gasteiger partial charge in [-0.3, -0.25) is 10.1 Å². The van der Waals surface area contributed by atoms with Gasteiger partial charge in [0.2, 0.25) is 5.13 Å². The molecule has 4 rings (SSSR count). The third kappa shape index (κ3) is 4.92. The molecule has 0 aliphatic heterocycles. The highest BCUT2D eigenvalue weighted by atomic mass is 32.1. The number of carbonyl (C=O) groups is 1. The molecule has 2 heterocycles. The molecule has 0 atom stereocenters. The molecule has 0 saturated heterocycles. The van der Waals surface area contributed by atoms with Gasteiger partial charge >= 0.3 is 0 Å². The molecule has 1 saturated carbocycles. The van der Waals surface area contributed by atoms with Gasteiger partial charge in [0.05, 0.1) is 0 Å².